The van der Waals surface area contributed by atoms with Gasteiger partial charge >= 0.3 is 0 Å². The summed E-state index contributed by atoms with van der Waals surface area (Å²) >= 11 is 6.31. The summed E-state index contributed by atoms with van der Waals surface area (Å²) in [7, 11) is 3.94. The smallest absolute Gasteiger partial charge is 0.193 e. The van der Waals surface area contributed by atoms with Crippen LogP contribution in [0.4, 0.5) is 0 Å². The topological polar surface area (TPSA) is 36.9 Å². The summed E-state index contributed by atoms with van der Waals surface area (Å²) in [5.74, 6) is 1.60. The Morgan fingerprint density at radius 2 is 2.21 bits per heavy atom. The number of halogens is 1. The molecule has 3 aliphatic rings. The number of hydrogen-bond acceptors (Lipinski definition) is 2. The lowest BCUT2D eigenvalue weighted by Gasteiger charge is -2.63. The Kier molecular flexibility index (Phi) is 4.21. The molecule has 24 heavy (non-hydrogen) atoms. The zero-order chi connectivity index (χ0) is 16.7. The molecular weight excluding hydrogens is 322 g/mol. The highest BCUT2D eigenvalue weighted by Gasteiger charge is 2.66. The first-order valence-corrected chi connectivity index (χ1v) is 9.33. The van der Waals surface area contributed by atoms with Gasteiger partial charge in [0.25, 0.3) is 0 Å². The molecule has 1 spiro atoms. The van der Waals surface area contributed by atoms with Gasteiger partial charge < -0.3 is 15.0 Å². The van der Waals surface area contributed by atoms with Gasteiger partial charge in [-0.25, -0.2) is 0 Å². The SMILES string of the molecule is CN=C(NC1C2CCOC2C12CCC2)N(C)Cc1ccccc1Cl. The van der Waals surface area contributed by atoms with Gasteiger partial charge in [-0.2, -0.15) is 0 Å². The molecule has 1 heterocycles. The van der Waals surface area contributed by atoms with E-state index in [-0.39, 0.29) is 0 Å². The maximum Gasteiger partial charge on any atom is 0.193 e. The molecule has 2 aliphatic carbocycles. The minimum absolute atomic E-state index is 0.363. The molecule has 1 aliphatic heterocycles. The number of fused-ring (bicyclic) bond motifs is 2. The van der Waals surface area contributed by atoms with E-state index in [1.165, 1.54) is 25.7 Å². The maximum absolute atomic E-state index is 6.31. The molecule has 1 aromatic carbocycles. The van der Waals surface area contributed by atoms with Gasteiger partial charge in [-0.15, -0.1) is 0 Å². The monoisotopic (exact) mass is 347 g/mol. The fraction of sp³-hybridized carbons (Fsp3) is 0.632. The van der Waals surface area contributed by atoms with Crippen LogP contribution in [0.3, 0.4) is 0 Å². The van der Waals surface area contributed by atoms with Crippen LogP contribution in [-0.2, 0) is 11.3 Å². The summed E-state index contributed by atoms with van der Waals surface area (Å²) in [4.78, 5) is 6.68. The van der Waals surface area contributed by atoms with E-state index >= 15 is 0 Å². The number of hydrogen-bond donors (Lipinski definition) is 1. The van der Waals surface area contributed by atoms with E-state index in [1.807, 2.05) is 25.2 Å². The lowest BCUT2D eigenvalue weighted by Crippen LogP contribution is -2.72. The normalized spacial score (nSPS) is 30.5. The number of aliphatic imine (C=N–C) groups is 1. The van der Waals surface area contributed by atoms with Crippen LogP contribution >= 0.6 is 11.6 Å². The molecule has 3 atom stereocenters. The first kappa shape index (κ1) is 16.2. The highest BCUT2D eigenvalue weighted by atomic mass is 35.5. The van der Waals surface area contributed by atoms with Gasteiger partial charge in [0.15, 0.2) is 5.96 Å². The number of nitrogens with one attached hydrogen (secondary N) is 1. The molecule has 0 aromatic heterocycles. The predicted molar refractivity (Wildman–Crippen MR) is 97.3 cm³/mol. The van der Waals surface area contributed by atoms with Crippen LogP contribution in [0, 0.1) is 11.3 Å². The molecule has 1 saturated heterocycles. The molecule has 0 radical (unpaired) electrons. The molecule has 0 amide bonds. The summed E-state index contributed by atoms with van der Waals surface area (Å²) in [6.07, 6.45) is 5.57. The Morgan fingerprint density at radius 1 is 1.42 bits per heavy atom. The van der Waals surface area contributed by atoms with E-state index in [0.29, 0.717) is 23.5 Å². The van der Waals surface area contributed by atoms with Gasteiger partial charge in [0, 0.05) is 49.6 Å². The van der Waals surface area contributed by atoms with Crippen LogP contribution < -0.4 is 5.32 Å². The van der Waals surface area contributed by atoms with E-state index in [2.05, 4.69) is 28.3 Å². The van der Waals surface area contributed by atoms with Crippen molar-refractivity contribution in [3.63, 3.8) is 0 Å². The number of rotatable bonds is 3. The van der Waals surface area contributed by atoms with E-state index in [4.69, 9.17) is 16.3 Å². The molecule has 2 saturated carbocycles. The molecule has 4 nitrogen and oxygen atoms in total. The summed E-state index contributed by atoms with van der Waals surface area (Å²) in [5, 5.41) is 4.57. The number of nitrogens with zero attached hydrogens (tertiary/aromatic N) is 2. The Bertz CT molecular complexity index is 643. The Morgan fingerprint density at radius 3 is 2.88 bits per heavy atom. The van der Waals surface area contributed by atoms with E-state index in [1.54, 1.807) is 0 Å². The summed E-state index contributed by atoms with van der Waals surface area (Å²) in [5.41, 5.74) is 1.49. The van der Waals surface area contributed by atoms with E-state index in [9.17, 15) is 0 Å². The third kappa shape index (κ3) is 2.42. The fourth-order valence-electron chi connectivity index (χ4n) is 4.90. The first-order valence-electron chi connectivity index (χ1n) is 8.95. The third-order valence-corrected chi connectivity index (χ3v) is 6.63. The molecule has 3 fully saturated rings. The van der Waals surface area contributed by atoms with E-state index < -0.39 is 0 Å². The minimum atomic E-state index is 0.363. The second kappa shape index (κ2) is 6.23. The van der Waals surface area contributed by atoms with Gasteiger partial charge in [0.05, 0.1) is 6.10 Å². The van der Waals surface area contributed by atoms with Crippen molar-refractivity contribution in [1.82, 2.24) is 10.2 Å². The van der Waals surface area contributed by atoms with Crippen molar-refractivity contribution >= 4 is 17.6 Å². The van der Waals surface area contributed by atoms with Gasteiger partial charge in [-0.05, 0) is 30.9 Å². The molecule has 1 aromatic rings. The lowest BCUT2D eigenvalue weighted by atomic mass is 9.46. The quantitative estimate of drug-likeness (QED) is 0.673. The van der Waals surface area contributed by atoms with Crippen molar-refractivity contribution < 1.29 is 4.74 Å². The number of benzene rings is 1. The molecule has 4 rings (SSSR count). The van der Waals surface area contributed by atoms with Crippen LogP contribution in [0.5, 0.6) is 0 Å². The van der Waals surface area contributed by atoms with Crippen molar-refractivity contribution in [3.8, 4) is 0 Å². The van der Waals surface area contributed by atoms with Crippen LogP contribution in [0.2, 0.25) is 5.02 Å². The van der Waals surface area contributed by atoms with Gasteiger partial charge in [-0.1, -0.05) is 36.2 Å². The molecule has 1 N–H and O–H groups in total. The summed E-state index contributed by atoms with van der Waals surface area (Å²) in [6, 6.07) is 8.51. The van der Waals surface area contributed by atoms with Crippen LogP contribution in [0.1, 0.15) is 31.2 Å². The lowest BCUT2D eigenvalue weighted by molar-refractivity contribution is -0.171. The zero-order valence-electron chi connectivity index (χ0n) is 14.5. The molecule has 0 bridgehead atoms. The number of ether oxygens (including phenoxy) is 1. The second-order valence-electron chi connectivity index (χ2n) is 7.45. The second-order valence-corrected chi connectivity index (χ2v) is 7.85. The van der Waals surface area contributed by atoms with Crippen molar-refractivity contribution in [2.75, 3.05) is 20.7 Å². The van der Waals surface area contributed by atoms with Crippen molar-refractivity contribution in [3.05, 3.63) is 34.9 Å². The Labute approximate surface area is 149 Å². The van der Waals surface area contributed by atoms with Crippen LogP contribution in [0.25, 0.3) is 0 Å². The van der Waals surface area contributed by atoms with Crippen LogP contribution in [-0.4, -0.2) is 43.7 Å². The molecule has 5 heteroatoms. The zero-order valence-corrected chi connectivity index (χ0v) is 15.2. The van der Waals surface area contributed by atoms with Crippen molar-refractivity contribution in [2.45, 2.75) is 44.4 Å². The Hall–Kier alpha value is -1.26. The van der Waals surface area contributed by atoms with Crippen molar-refractivity contribution in [2.24, 2.45) is 16.3 Å². The molecule has 130 valence electrons. The van der Waals surface area contributed by atoms with Crippen LogP contribution in [0.15, 0.2) is 29.3 Å². The van der Waals surface area contributed by atoms with E-state index in [0.717, 1.165) is 29.7 Å². The third-order valence-electron chi connectivity index (χ3n) is 6.26. The van der Waals surface area contributed by atoms with Crippen molar-refractivity contribution in [1.29, 1.82) is 0 Å². The highest BCUT2D eigenvalue weighted by Crippen LogP contribution is 2.62. The summed E-state index contributed by atoms with van der Waals surface area (Å²) < 4.78 is 6.02. The summed E-state index contributed by atoms with van der Waals surface area (Å²) in [6.45, 7) is 1.67. The molecule has 3 unspecified atom stereocenters. The first-order chi connectivity index (χ1) is 11.7. The standard InChI is InChI=1S/C19H26ClN3O/c1-21-18(23(2)12-13-6-3-4-7-15(13)20)22-16-14-8-11-24-17(14)19(16)9-5-10-19/h3-4,6-7,14,16-17H,5,8-12H2,1-2H3,(H,21,22). The maximum atomic E-state index is 6.31. The van der Waals surface area contributed by atoms with Gasteiger partial charge in [-0.3, -0.25) is 4.99 Å². The highest BCUT2D eigenvalue weighted by molar-refractivity contribution is 6.31. The predicted octanol–water partition coefficient (Wildman–Crippen LogP) is 3.30. The average molecular weight is 348 g/mol. The fourth-order valence-corrected chi connectivity index (χ4v) is 5.09. The van der Waals surface area contributed by atoms with Gasteiger partial charge in [0.2, 0.25) is 0 Å². The Balaban J connectivity index is 1.45. The molecular formula is C19H26ClN3O. The largest absolute Gasteiger partial charge is 0.377 e. The minimum Gasteiger partial charge on any atom is -0.377 e. The number of guanidine groups is 1. The van der Waals surface area contributed by atoms with Gasteiger partial charge in [0.1, 0.15) is 0 Å². The average Bonchev–Trinajstić information content (AvgIpc) is 2.94.